The largest absolute Gasteiger partial charge is 0.388 e. The molecule has 4 fully saturated rings. The highest BCUT2D eigenvalue weighted by Crippen LogP contribution is 2.92. The van der Waals surface area contributed by atoms with Crippen LogP contribution in [0.1, 0.15) is 12.8 Å². The Morgan fingerprint density at radius 1 is 1.50 bits per heavy atom. The van der Waals surface area contributed by atoms with Crippen molar-refractivity contribution in [3.63, 3.8) is 0 Å². The second kappa shape index (κ2) is 1.20. The third kappa shape index (κ3) is 0.287. The van der Waals surface area contributed by atoms with Gasteiger partial charge in [0.05, 0.1) is 6.10 Å². The van der Waals surface area contributed by atoms with Crippen molar-refractivity contribution < 1.29 is 5.11 Å². The Balaban J connectivity index is 1.91. The van der Waals surface area contributed by atoms with Crippen LogP contribution in [0.2, 0.25) is 0 Å². The number of hydrogen-bond acceptors (Lipinski definition) is 1. The van der Waals surface area contributed by atoms with Crippen LogP contribution in [0.25, 0.3) is 0 Å². The first kappa shape index (κ1) is 5.36. The minimum atomic E-state index is -0.185. The van der Waals surface area contributed by atoms with Gasteiger partial charge >= 0.3 is 0 Å². The van der Waals surface area contributed by atoms with Gasteiger partial charge in [-0.05, 0) is 30.6 Å². The molecule has 54 valence electrons. The molecule has 3 unspecified atom stereocenters. The third-order valence-corrected chi connectivity index (χ3v) is 4.03. The molecule has 0 aromatic heterocycles. The monoisotopic (exact) mass is 136 g/mol. The number of rotatable bonds is 2. The van der Waals surface area contributed by atoms with Crippen LogP contribution < -0.4 is 0 Å². The summed E-state index contributed by atoms with van der Waals surface area (Å²) in [5, 5.41) is 9.56. The normalized spacial score (nSPS) is 63.1. The lowest BCUT2D eigenvalue weighted by atomic mass is 10.00. The molecule has 1 nitrogen and oxygen atoms in total. The average molecular weight is 136 g/mol. The van der Waals surface area contributed by atoms with E-state index in [1.165, 1.54) is 12.8 Å². The molecule has 0 heterocycles. The summed E-state index contributed by atoms with van der Waals surface area (Å²) < 4.78 is 0. The number of aliphatic hydroxyl groups excluding tert-OH is 1. The van der Waals surface area contributed by atoms with E-state index in [-0.39, 0.29) is 6.10 Å². The topological polar surface area (TPSA) is 20.2 Å². The van der Waals surface area contributed by atoms with E-state index in [2.05, 4.69) is 6.58 Å². The highest BCUT2D eigenvalue weighted by molar-refractivity contribution is 5.39. The van der Waals surface area contributed by atoms with Crippen LogP contribution in [-0.2, 0) is 0 Å². The van der Waals surface area contributed by atoms with Crippen LogP contribution in [0, 0.1) is 23.2 Å². The van der Waals surface area contributed by atoms with Crippen molar-refractivity contribution >= 4 is 0 Å². The van der Waals surface area contributed by atoms with Gasteiger partial charge in [0.2, 0.25) is 0 Å². The first-order chi connectivity index (χ1) is 4.83. The van der Waals surface area contributed by atoms with E-state index in [0.717, 1.165) is 17.8 Å². The molecule has 0 amide bonds. The maximum atomic E-state index is 9.56. The quantitative estimate of drug-likeness (QED) is 0.565. The smallest absolute Gasteiger partial charge is 0.0782 e. The first-order valence-electron chi connectivity index (χ1n) is 4.14. The summed E-state index contributed by atoms with van der Waals surface area (Å²) in [4.78, 5) is 0. The van der Waals surface area contributed by atoms with E-state index in [9.17, 15) is 5.11 Å². The van der Waals surface area contributed by atoms with Crippen LogP contribution in [-0.4, -0.2) is 11.2 Å². The van der Waals surface area contributed by atoms with E-state index in [4.69, 9.17) is 0 Å². The third-order valence-electron chi connectivity index (χ3n) is 4.03. The fraction of sp³-hybridized carbons (Fsp3) is 0.778. The molecule has 4 saturated carbocycles. The van der Waals surface area contributed by atoms with Gasteiger partial charge in [0, 0.05) is 5.41 Å². The Labute approximate surface area is 60.7 Å². The lowest BCUT2D eigenvalue weighted by Gasteiger charge is -2.11. The summed E-state index contributed by atoms with van der Waals surface area (Å²) >= 11 is 0. The van der Waals surface area contributed by atoms with E-state index >= 15 is 0 Å². The summed E-state index contributed by atoms with van der Waals surface area (Å²) in [5.74, 6) is 2.71. The van der Waals surface area contributed by atoms with Gasteiger partial charge in [-0.1, -0.05) is 6.08 Å². The zero-order valence-electron chi connectivity index (χ0n) is 5.96. The Morgan fingerprint density at radius 3 is 2.50 bits per heavy atom. The maximum Gasteiger partial charge on any atom is 0.0782 e. The van der Waals surface area contributed by atoms with E-state index in [0.29, 0.717) is 5.41 Å². The molecule has 4 aliphatic carbocycles. The molecule has 4 rings (SSSR count). The fourth-order valence-corrected chi connectivity index (χ4v) is 3.57. The lowest BCUT2D eigenvalue weighted by molar-refractivity contribution is 0.151. The van der Waals surface area contributed by atoms with E-state index in [1.807, 2.05) is 0 Å². The number of fused-ring (bicyclic) bond motifs is 1. The van der Waals surface area contributed by atoms with Crippen LogP contribution in [0.4, 0.5) is 0 Å². The van der Waals surface area contributed by atoms with Gasteiger partial charge in [-0.15, -0.1) is 6.58 Å². The van der Waals surface area contributed by atoms with Gasteiger partial charge in [0.25, 0.3) is 0 Å². The molecule has 0 spiro atoms. The summed E-state index contributed by atoms with van der Waals surface area (Å²) in [6.45, 7) is 3.64. The SMILES string of the molecule is C=CC(O)C12C3CCC1C32. The molecule has 1 heteroatoms. The van der Waals surface area contributed by atoms with Gasteiger partial charge in [-0.3, -0.25) is 0 Å². The molecule has 1 N–H and O–H groups in total. The molecule has 2 bridgehead atoms. The molecule has 0 aliphatic heterocycles. The standard InChI is InChI=1S/C9H12O/c1-2-7(10)9-5-3-4-6(9)8(5)9/h2,5-8,10H,1,3-4H2. The molecular weight excluding hydrogens is 124 g/mol. The first-order valence-corrected chi connectivity index (χ1v) is 4.14. The zero-order chi connectivity index (χ0) is 6.93. The van der Waals surface area contributed by atoms with Crippen LogP contribution >= 0.6 is 0 Å². The molecule has 4 aliphatic rings. The van der Waals surface area contributed by atoms with Crippen molar-refractivity contribution in [3.8, 4) is 0 Å². The van der Waals surface area contributed by atoms with E-state index in [1.54, 1.807) is 6.08 Å². The summed E-state index contributed by atoms with van der Waals surface area (Å²) in [6.07, 6.45) is 4.29. The van der Waals surface area contributed by atoms with Crippen molar-refractivity contribution in [1.82, 2.24) is 0 Å². The van der Waals surface area contributed by atoms with Crippen LogP contribution in [0.5, 0.6) is 0 Å². The predicted octanol–water partition coefficient (Wildman–Crippen LogP) is 1.19. The fourth-order valence-electron chi connectivity index (χ4n) is 3.57. The zero-order valence-corrected chi connectivity index (χ0v) is 5.96. The van der Waals surface area contributed by atoms with Gasteiger partial charge in [-0.2, -0.15) is 0 Å². The number of hydrogen-bond donors (Lipinski definition) is 1. The van der Waals surface area contributed by atoms with Gasteiger partial charge in [-0.25, -0.2) is 0 Å². The summed E-state index contributed by atoms with van der Waals surface area (Å²) in [7, 11) is 0. The Hall–Kier alpha value is -0.300. The highest BCUT2D eigenvalue weighted by Gasteiger charge is 2.90. The minimum absolute atomic E-state index is 0.185. The predicted molar refractivity (Wildman–Crippen MR) is 38.3 cm³/mol. The van der Waals surface area contributed by atoms with Gasteiger partial charge < -0.3 is 5.11 Å². The Morgan fingerprint density at radius 2 is 2.10 bits per heavy atom. The maximum absolute atomic E-state index is 9.56. The Kier molecular flexibility index (Phi) is 0.646. The average Bonchev–Trinajstić information content (AvgIpc) is 2.65. The summed E-state index contributed by atoms with van der Waals surface area (Å²) in [5.41, 5.74) is 0.391. The van der Waals surface area contributed by atoms with E-state index < -0.39 is 0 Å². The van der Waals surface area contributed by atoms with Gasteiger partial charge in [0.15, 0.2) is 0 Å². The van der Waals surface area contributed by atoms with Crippen molar-refractivity contribution in [3.05, 3.63) is 12.7 Å². The van der Waals surface area contributed by atoms with Gasteiger partial charge in [0.1, 0.15) is 0 Å². The summed E-state index contributed by atoms with van der Waals surface area (Å²) in [6, 6.07) is 0. The molecule has 0 radical (unpaired) electrons. The van der Waals surface area contributed by atoms with Crippen molar-refractivity contribution in [2.75, 3.05) is 0 Å². The minimum Gasteiger partial charge on any atom is -0.388 e. The molecule has 0 aromatic rings. The molecule has 10 heavy (non-hydrogen) atoms. The van der Waals surface area contributed by atoms with Crippen LogP contribution in [0.3, 0.4) is 0 Å². The Bertz CT molecular complexity index is 187. The van der Waals surface area contributed by atoms with Crippen LogP contribution in [0.15, 0.2) is 12.7 Å². The molecular formula is C9H12O. The molecule has 3 atom stereocenters. The second-order valence-electron chi connectivity index (χ2n) is 4.00. The molecule has 0 saturated heterocycles. The number of aliphatic hydroxyl groups is 1. The highest BCUT2D eigenvalue weighted by atomic mass is 16.3. The molecule has 0 aromatic carbocycles. The lowest BCUT2D eigenvalue weighted by Crippen LogP contribution is -2.15. The second-order valence-corrected chi connectivity index (χ2v) is 4.00. The van der Waals surface area contributed by atoms with Crippen molar-refractivity contribution in [2.24, 2.45) is 23.2 Å². The van der Waals surface area contributed by atoms with Crippen molar-refractivity contribution in [2.45, 2.75) is 18.9 Å². The van der Waals surface area contributed by atoms with Crippen molar-refractivity contribution in [1.29, 1.82) is 0 Å².